The van der Waals surface area contributed by atoms with Gasteiger partial charge in [-0.15, -0.1) is 11.8 Å². The summed E-state index contributed by atoms with van der Waals surface area (Å²) >= 11 is 1.56. The molecular weight excluding hydrogens is 356 g/mol. The van der Waals surface area contributed by atoms with E-state index < -0.39 is 10.0 Å². The van der Waals surface area contributed by atoms with Gasteiger partial charge in [0.1, 0.15) is 0 Å². The summed E-state index contributed by atoms with van der Waals surface area (Å²) < 4.78 is 27.7. The van der Waals surface area contributed by atoms with E-state index in [1.165, 1.54) is 0 Å². The molecule has 2 aromatic rings. The Hall–Kier alpha value is -1.99. The van der Waals surface area contributed by atoms with Gasteiger partial charge in [0.05, 0.1) is 4.90 Å². The van der Waals surface area contributed by atoms with E-state index in [9.17, 15) is 13.2 Å². The number of carbonyl (C=O) groups is 1. The summed E-state index contributed by atoms with van der Waals surface area (Å²) in [7, 11) is -3.64. The Kier molecular flexibility index (Phi) is 5.06. The molecule has 5 nitrogen and oxygen atoms in total. The van der Waals surface area contributed by atoms with E-state index >= 15 is 0 Å². The van der Waals surface area contributed by atoms with Gasteiger partial charge in [0.2, 0.25) is 5.91 Å². The van der Waals surface area contributed by atoms with Crippen LogP contribution in [0, 0.1) is 6.92 Å². The zero-order valence-electron chi connectivity index (χ0n) is 14.2. The number of hydrogen-bond acceptors (Lipinski definition) is 4. The number of nitrogens with one attached hydrogen (secondary N) is 1. The zero-order valence-corrected chi connectivity index (χ0v) is 15.8. The Morgan fingerprint density at radius 2 is 1.84 bits per heavy atom. The van der Waals surface area contributed by atoms with Crippen molar-refractivity contribution in [3.05, 3.63) is 48.0 Å². The molecule has 0 saturated carbocycles. The zero-order chi connectivity index (χ0) is 18.0. The molecule has 1 amide bonds. The Labute approximate surface area is 152 Å². The van der Waals surface area contributed by atoms with Crippen molar-refractivity contribution in [1.82, 2.24) is 0 Å². The van der Waals surface area contributed by atoms with Gasteiger partial charge in [0.25, 0.3) is 10.0 Å². The predicted molar refractivity (Wildman–Crippen MR) is 102 cm³/mol. The molecule has 1 fully saturated rings. The highest BCUT2D eigenvalue weighted by Gasteiger charge is 2.23. The van der Waals surface area contributed by atoms with Gasteiger partial charge in [-0.1, -0.05) is 0 Å². The molecule has 0 spiro atoms. The second-order valence-electron chi connectivity index (χ2n) is 5.93. The van der Waals surface area contributed by atoms with E-state index in [2.05, 4.69) is 4.72 Å². The monoisotopic (exact) mass is 376 g/mol. The van der Waals surface area contributed by atoms with E-state index in [0.29, 0.717) is 18.7 Å². The molecule has 0 atom stereocenters. The van der Waals surface area contributed by atoms with Gasteiger partial charge in [-0.2, -0.15) is 0 Å². The third kappa shape index (κ3) is 3.82. The first-order chi connectivity index (χ1) is 11.9. The van der Waals surface area contributed by atoms with E-state index in [0.717, 1.165) is 22.6 Å². The number of aryl methyl sites for hydroxylation is 1. The number of carbonyl (C=O) groups excluding carboxylic acids is 1. The number of rotatable bonds is 5. The third-order valence-electron chi connectivity index (χ3n) is 4.18. The van der Waals surface area contributed by atoms with E-state index in [1.54, 1.807) is 59.1 Å². The highest BCUT2D eigenvalue weighted by atomic mass is 32.2. The Morgan fingerprint density at radius 1 is 1.12 bits per heavy atom. The van der Waals surface area contributed by atoms with Crippen molar-refractivity contribution < 1.29 is 13.2 Å². The van der Waals surface area contributed by atoms with Crippen LogP contribution in [-0.4, -0.2) is 27.1 Å². The van der Waals surface area contributed by atoms with Crippen molar-refractivity contribution in [3.8, 4) is 0 Å². The Morgan fingerprint density at radius 3 is 2.40 bits per heavy atom. The lowest BCUT2D eigenvalue weighted by Crippen LogP contribution is -2.24. The van der Waals surface area contributed by atoms with Crippen LogP contribution < -0.4 is 9.62 Å². The molecular formula is C18H20N2O3S2. The predicted octanol–water partition coefficient (Wildman–Crippen LogP) is 3.64. The van der Waals surface area contributed by atoms with Crippen LogP contribution in [0.5, 0.6) is 0 Å². The maximum atomic E-state index is 12.5. The minimum atomic E-state index is -3.64. The number of hydrogen-bond donors (Lipinski definition) is 1. The summed E-state index contributed by atoms with van der Waals surface area (Å²) in [5.41, 5.74) is 2.20. The van der Waals surface area contributed by atoms with Crippen LogP contribution in [0.25, 0.3) is 0 Å². The third-order valence-corrected chi connectivity index (χ3v) is 6.32. The van der Waals surface area contributed by atoms with E-state index in [1.807, 2.05) is 13.2 Å². The molecule has 3 rings (SSSR count). The normalized spacial score (nSPS) is 14.8. The molecule has 1 saturated heterocycles. The molecule has 1 aliphatic heterocycles. The van der Waals surface area contributed by atoms with Crippen molar-refractivity contribution >= 4 is 39.1 Å². The summed E-state index contributed by atoms with van der Waals surface area (Å²) in [4.78, 5) is 14.9. The van der Waals surface area contributed by atoms with Crippen LogP contribution in [0.4, 0.5) is 11.4 Å². The fourth-order valence-corrected chi connectivity index (χ4v) is 4.35. The Bertz CT molecular complexity index is 893. The fraction of sp³-hybridized carbons (Fsp3) is 0.278. The first kappa shape index (κ1) is 17.8. The average molecular weight is 377 g/mol. The van der Waals surface area contributed by atoms with Crippen LogP contribution in [0.3, 0.4) is 0 Å². The lowest BCUT2D eigenvalue weighted by atomic mass is 10.1. The van der Waals surface area contributed by atoms with Crippen molar-refractivity contribution in [3.63, 3.8) is 0 Å². The van der Waals surface area contributed by atoms with E-state index in [-0.39, 0.29) is 10.8 Å². The maximum Gasteiger partial charge on any atom is 0.261 e. The smallest absolute Gasteiger partial charge is 0.261 e. The number of amides is 1. The largest absolute Gasteiger partial charge is 0.312 e. The molecule has 7 heteroatoms. The quantitative estimate of drug-likeness (QED) is 0.809. The molecule has 25 heavy (non-hydrogen) atoms. The van der Waals surface area contributed by atoms with Crippen LogP contribution in [0.1, 0.15) is 18.4 Å². The number of sulfonamides is 1. The minimum absolute atomic E-state index is 0.116. The lowest BCUT2D eigenvalue weighted by Gasteiger charge is -2.19. The summed E-state index contributed by atoms with van der Waals surface area (Å²) in [6.07, 6.45) is 3.37. The van der Waals surface area contributed by atoms with Gasteiger partial charge >= 0.3 is 0 Å². The van der Waals surface area contributed by atoms with Gasteiger partial charge in [-0.25, -0.2) is 8.42 Å². The second kappa shape index (κ2) is 7.09. The number of nitrogens with zero attached hydrogens (tertiary/aromatic N) is 1. The highest BCUT2D eigenvalue weighted by molar-refractivity contribution is 7.98. The molecule has 0 radical (unpaired) electrons. The molecule has 0 unspecified atom stereocenters. The topological polar surface area (TPSA) is 66.5 Å². The first-order valence-electron chi connectivity index (χ1n) is 7.98. The molecule has 2 aromatic carbocycles. The van der Waals surface area contributed by atoms with Crippen LogP contribution in [0.2, 0.25) is 0 Å². The van der Waals surface area contributed by atoms with Gasteiger partial charge in [0.15, 0.2) is 0 Å². The van der Waals surface area contributed by atoms with Crippen LogP contribution in [-0.2, 0) is 14.8 Å². The summed E-state index contributed by atoms with van der Waals surface area (Å²) in [5, 5.41) is 0. The molecule has 132 valence electrons. The average Bonchev–Trinajstić information content (AvgIpc) is 3.00. The second-order valence-corrected chi connectivity index (χ2v) is 8.49. The summed E-state index contributed by atoms with van der Waals surface area (Å²) in [5.74, 6) is 0.116. The maximum absolute atomic E-state index is 12.5. The standard InChI is InChI=1S/C18H20N2O3S2/c1-13-12-14(5-10-17(13)20-11-3-4-18(20)21)19-25(22,23)16-8-6-15(24-2)7-9-16/h5-10,12,19H,3-4,11H2,1-2H3. The van der Waals surface area contributed by atoms with Gasteiger partial charge < -0.3 is 4.90 Å². The highest BCUT2D eigenvalue weighted by Crippen LogP contribution is 2.28. The van der Waals surface area contributed by atoms with Crippen molar-refractivity contribution in [2.75, 3.05) is 22.4 Å². The summed E-state index contributed by atoms with van der Waals surface area (Å²) in [6.45, 7) is 2.60. The van der Waals surface area contributed by atoms with Gasteiger partial charge in [-0.3, -0.25) is 9.52 Å². The van der Waals surface area contributed by atoms with Crippen molar-refractivity contribution in [2.45, 2.75) is 29.6 Å². The number of thioether (sulfide) groups is 1. The molecule has 1 aliphatic rings. The number of anilines is 2. The van der Waals surface area contributed by atoms with Crippen LogP contribution >= 0.6 is 11.8 Å². The van der Waals surface area contributed by atoms with Gasteiger partial charge in [-0.05, 0) is 67.6 Å². The lowest BCUT2D eigenvalue weighted by molar-refractivity contribution is -0.117. The summed E-state index contributed by atoms with van der Waals surface area (Å²) in [6, 6.07) is 12.0. The molecule has 1 heterocycles. The molecule has 1 N–H and O–H groups in total. The van der Waals surface area contributed by atoms with Gasteiger partial charge in [0, 0.05) is 29.2 Å². The Balaban J connectivity index is 1.82. The SMILES string of the molecule is CSc1ccc(S(=O)(=O)Nc2ccc(N3CCCC3=O)c(C)c2)cc1. The van der Waals surface area contributed by atoms with E-state index in [4.69, 9.17) is 0 Å². The van der Waals surface area contributed by atoms with Crippen LogP contribution in [0.15, 0.2) is 52.3 Å². The minimum Gasteiger partial charge on any atom is -0.312 e. The molecule has 0 bridgehead atoms. The van der Waals surface area contributed by atoms with Crippen molar-refractivity contribution in [1.29, 1.82) is 0 Å². The molecule has 0 aromatic heterocycles. The van der Waals surface area contributed by atoms with Crippen molar-refractivity contribution in [2.24, 2.45) is 0 Å². The number of benzene rings is 2. The molecule has 0 aliphatic carbocycles. The first-order valence-corrected chi connectivity index (χ1v) is 10.7. The fourth-order valence-electron chi connectivity index (χ4n) is 2.89.